The topological polar surface area (TPSA) is 53.3 Å². The Kier molecular flexibility index (Phi) is 4.40. The molecule has 2 rings (SSSR count). The molecule has 0 unspecified atom stereocenters. The van der Waals surface area contributed by atoms with E-state index in [0.29, 0.717) is 24.4 Å². The van der Waals surface area contributed by atoms with Crippen molar-refractivity contribution in [2.75, 3.05) is 13.7 Å². The lowest BCUT2D eigenvalue weighted by atomic mass is 10.2. The predicted octanol–water partition coefficient (Wildman–Crippen LogP) is 2.37. The molecule has 0 radical (unpaired) electrons. The Morgan fingerprint density at radius 3 is 2.60 bits per heavy atom. The maximum absolute atomic E-state index is 11.7. The van der Waals surface area contributed by atoms with Crippen molar-refractivity contribution < 1.29 is 14.3 Å². The van der Waals surface area contributed by atoms with Gasteiger partial charge in [0.15, 0.2) is 0 Å². The number of rotatable bonds is 5. The van der Waals surface area contributed by atoms with Crippen LogP contribution >= 0.6 is 0 Å². The summed E-state index contributed by atoms with van der Waals surface area (Å²) in [5, 5.41) is 4.35. The van der Waals surface area contributed by atoms with Crippen molar-refractivity contribution in [1.29, 1.82) is 0 Å². The van der Waals surface area contributed by atoms with Gasteiger partial charge in [-0.25, -0.2) is 4.79 Å². The van der Waals surface area contributed by atoms with E-state index in [0.717, 1.165) is 11.4 Å². The lowest BCUT2D eigenvalue weighted by Gasteiger charge is -2.07. The predicted molar refractivity (Wildman–Crippen MR) is 75.0 cm³/mol. The first-order chi connectivity index (χ1) is 9.63. The van der Waals surface area contributed by atoms with E-state index in [1.165, 1.54) is 7.11 Å². The summed E-state index contributed by atoms with van der Waals surface area (Å²) in [5.41, 5.74) is 2.01. The molecule has 0 amide bonds. The SMILES string of the molecule is COC(=O)c1c(C)nn(CCOc2ccccc2)c1C. The van der Waals surface area contributed by atoms with Gasteiger partial charge in [0.25, 0.3) is 0 Å². The van der Waals surface area contributed by atoms with Gasteiger partial charge in [-0.15, -0.1) is 0 Å². The monoisotopic (exact) mass is 274 g/mol. The maximum atomic E-state index is 11.7. The van der Waals surface area contributed by atoms with Gasteiger partial charge in [-0.2, -0.15) is 5.10 Å². The van der Waals surface area contributed by atoms with Crippen LogP contribution in [0, 0.1) is 13.8 Å². The number of benzene rings is 1. The van der Waals surface area contributed by atoms with Crippen LogP contribution < -0.4 is 4.74 Å². The van der Waals surface area contributed by atoms with Crippen molar-refractivity contribution in [1.82, 2.24) is 9.78 Å². The molecule has 0 saturated carbocycles. The molecule has 5 heteroatoms. The van der Waals surface area contributed by atoms with E-state index in [-0.39, 0.29) is 5.97 Å². The van der Waals surface area contributed by atoms with Gasteiger partial charge in [-0.3, -0.25) is 4.68 Å². The molecule has 0 aliphatic rings. The normalized spacial score (nSPS) is 10.3. The second-order valence-electron chi connectivity index (χ2n) is 4.42. The summed E-state index contributed by atoms with van der Waals surface area (Å²) in [4.78, 5) is 11.7. The lowest BCUT2D eigenvalue weighted by Crippen LogP contribution is -2.12. The summed E-state index contributed by atoms with van der Waals surface area (Å²) in [7, 11) is 1.37. The fourth-order valence-electron chi connectivity index (χ4n) is 2.08. The third kappa shape index (κ3) is 2.99. The number of aryl methyl sites for hydroxylation is 1. The van der Waals surface area contributed by atoms with E-state index < -0.39 is 0 Å². The van der Waals surface area contributed by atoms with Crippen molar-refractivity contribution in [3.05, 3.63) is 47.3 Å². The molecule has 5 nitrogen and oxygen atoms in total. The zero-order valence-corrected chi connectivity index (χ0v) is 11.9. The third-order valence-electron chi connectivity index (χ3n) is 3.09. The maximum Gasteiger partial charge on any atom is 0.341 e. The summed E-state index contributed by atoms with van der Waals surface area (Å²) in [6.07, 6.45) is 0. The minimum absolute atomic E-state index is 0.352. The first kappa shape index (κ1) is 14.1. The number of ether oxygens (including phenoxy) is 2. The smallest absolute Gasteiger partial charge is 0.341 e. The highest BCUT2D eigenvalue weighted by molar-refractivity contribution is 5.91. The van der Waals surface area contributed by atoms with Gasteiger partial charge in [-0.1, -0.05) is 18.2 Å². The van der Waals surface area contributed by atoms with Crippen molar-refractivity contribution in [2.24, 2.45) is 0 Å². The molecule has 0 aliphatic heterocycles. The largest absolute Gasteiger partial charge is 0.492 e. The molecular formula is C15H18N2O3. The Hall–Kier alpha value is -2.30. The first-order valence-electron chi connectivity index (χ1n) is 6.43. The highest BCUT2D eigenvalue weighted by Gasteiger charge is 2.18. The number of esters is 1. The van der Waals surface area contributed by atoms with E-state index in [2.05, 4.69) is 5.10 Å². The Morgan fingerprint density at radius 2 is 1.95 bits per heavy atom. The number of aromatic nitrogens is 2. The van der Waals surface area contributed by atoms with E-state index >= 15 is 0 Å². The number of hydrogen-bond acceptors (Lipinski definition) is 4. The number of carbonyl (C=O) groups is 1. The van der Waals surface area contributed by atoms with Gasteiger partial charge < -0.3 is 9.47 Å². The molecule has 0 aliphatic carbocycles. The van der Waals surface area contributed by atoms with Gasteiger partial charge in [0.2, 0.25) is 0 Å². The molecule has 1 aromatic heterocycles. The van der Waals surface area contributed by atoms with E-state index in [1.54, 1.807) is 11.6 Å². The minimum atomic E-state index is -0.352. The van der Waals surface area contributed by atoms with Crippen molar-refractivity contribution in [2.45, 2.75) is 20.4 Å². The molecule has 1 aromatic carbocycles. The van der Waals surface area contributed by atoms with Crippen LogP contribution in [0.25, 0.3) is 0 Å². The summed E-state index contributed by atoms with van der Waals surface area (Å²) < 4.78 is 12.2. The number of para-hydroxylation sites is 1. The van der Waals surface area contributed by atoms with Crippen molar-refractivity contribution in [3.63, 3.8) is 0 Å². The Morgan fingerprint density at radius 1 is 1.25 bits per heavy atom. The molecular weight excluding hydrogens is 256 g/mol. The molecule has 0 saturated heterocycles. The van der Waals surface area contributed by atoms with Crippen LogP contribution in [0.3, 0.4) is 0 Å². The van der Waals surface area contributed by atoms with Crippen LogP contribution in [-0.4, -0.2) is 29.5 Å². The number of nitrogens with zero attached hydrogens (tertiary/aromatic N) is 2. The van der Waals surface area contributed by atoms with Gasteiger partial charge >= 0.3 is 5.97 Å². The molecule has 0 fully saturated rings. The molecule has 1 heterocycles. The second kappa shape index (κ2) is 6.23. The number of carbonyl (C=O) groups excluding carboxylic acids is 1. The first-order valence-corrected chi connectivity index (χ1v) is 6.43. The van der Waals surface area contributed by atoms with Gasteiger partial charge in [0.05, 0.1) is 25.0 Å². The highest BCUT2D eigenvalue weighted by atomic mass is 16.5. The fraction of sp³-hybridized carbons (Fsp3) is 0.333. The van der Waals surface area contributed by atoms with Crippen LogP contribution in [0.2, 0.25) is 0 Å². The van der Waals surface area contributed by atoms with Gasteiger partial charge in [0, 0.05) is 0 Å². The van der Waals surface area contributed by atoms with Crippen LogP contribution in [0.1, 0.15) is 21.7 Å². The van der Waals surface area contributed by atoms with E-state index in [1.807, 2.05) is 37.3 Å². The quantitative estimate of drug-likeness (QED) is 0.785. The zero-order valence-electron chi connectivity index (χ0n) is 11.9. The second-order valence-corrected chi connectivity index (χ2v) is 4.42. The van der Waals surface area contributed by atoms with Crippen LogP contribution in [0.4, 0.5) is 0 Å². The van der Waals surface area contributed by atoms with Crippen molar-refractivity contribution in [3.8, 4) is 5.75 Å². The van der Waals surface area contributed by atoms with Crippen LogP contribution in [-0.2, 0) is 11.3 Å². The Bertz CT molecular complexity index is 591. The Balaban J connectivity index is 2.02. The molecule has 0 N–H and O–H groups in total. The summed E-state index contributed by atoms with van der Waals surface area (Å²) in [5.74, 6) is 0.470. The van der Waals surface area contributed by atoms with E-state index in [4.69, 9.17) is 9.47 Å². The summed E-state index contributed by atoms with van der Waals surface area (Å²) in [6, 6.07) is 9.60. The zero-order chi connectivity index (χ0) is 14.5. The molecule has 20 heavy (non-hydrogen) atoms. The average Bonchev–Trinajstić information content (AvgIpc) is 2.74. The fourth-order valence-corrected chi connectivity index (χ4v) is 2.08. The van der Waals surface area contributed by atoms with E-state index in [9.17, 15) is 4.79 Å². The van der Waals surface area contributed by atoms with Crippen LogP contribution in [0.5, 0.6) is 5.75 Å². The average molecular weight is 274 g/mol. The Labute approximate surface area is 118 Å². The number of methoxy groups -OCH3 is 1. The van der Waals surface area contributed by atoms with Gasteiger partial charge in [-0.05, 0) is 26.0 Å². The molecule has 0 atom stereocenters. The third-order valence-corrected chi connectivity index (χ3v) is 3.09. The van der Waals surface area contributed by atoms with Crippen LogP contribution in [0.15, 0.2) is 30.3 Å². The summed E-state index contributed by atoms with van der Waals surface area (Å²) >= 11 is 0. The van der Waals surface area contributed by atoms with Crippen molar-refractivity contribution >= 4 is 5.97 Å². The molecule has 2 aromatic rings. The highest BCUT2D eigenvalue weighted by Crippen LogP contribution is 2.14. The summed E-state index contributed by atoms with van der Waals surface area (Å²) in [6.45, 7) is 4.73. The minimum Gasteiger partial charge on any atom is -0.492 e. The molecule has 0 bridgehead atoms. The standard InChI is InChI=1S/C15H18N2O3/c1-11-14(15(18)19-3)12(2)17(16-11)9-10-20-13-7-5-4-6-8-13/h4-8H,9-10H2,1-3H3. The lowest BCUT2D eigenvalue weighted by molar-refractivity contribution is 0.0599. The van der Waals surface area contributed by atoms with Gasteiger partial charge in [0.1, 0.15) is 17.9 Å². The number of hydrogen-bond donors (Lipinski definition) is 0. The molecule has 106 valence electrons. The molecule has 0 spiro atoms.